The number of amides is 1. The summed E-state index contributed by atoms with van der Waals surface area (Å²) in [5.41, 5.74) is 0.951. The zero-order chi connectivity index (χ0) is 21.0. The highest BCUT2D eigenvalue weighted by molar-refractivity contribution is 7.13. The molecule has 1 atom stereocenters. The highest BCUT2D eigenvalue weighted by Gasteiger charge is 2.17. The number of hydrogen-bond donors (Lipinski definition) is 2. The summed E-state index contributed by atoms with van der Waals surface area (Å²) in [6.45, 7) is 3.66. The maximum Gasteiger partial charge on any atom is 0.270 e. The van der Waals surface area contributed by atoms with Gasteiger partial charge >= 0.3 is 0 Å². The normalized spacial score (nSPS) is 12.1. The van der Waals surface area contributed by atoms with Crippen LogP contribution in [-0.4, -0.2) is 28.6 Å². The van der Waals surface area contributed by atoms with Gasteiger partial charge in [0.25, 0.3) is 5.91 Å². The van der Waals surface area contributed by atoms with Crippen molar-refractivity contribution in [3.63, 3.8) is 0 Å². The first-order valence-corrected chi connectivity index (χ1v) is 9.85. The summed E-state index contributed by atoms with van der Waals surface area (Å²) < 4.78 is 32.3. The van der Waals surface area contributed by atoms with E-state index in [1.165, 1.54) is 11.3 Å². The van der Waals surface area contributed by atoms with Crippen LogP contribution in [0, 0.1) is 11.6 Å². The molecule has 1 aromatic heterocycles. The molecule has 29 heavy (non-hydrogen) atoms. The van der Waals surface area contributed by atoms with Gasteiger partial charge in [0.2, 0.25) is 0 Å². The average Bonchev–Trinajstić information content (AvgIpc) is 3.16. The van der Waals surface area contributed by atoms with Crippen LogP contribution in [0.15, 0.2) is 47.8 Å². The molecule has 0 bridgehead atoms. The number of carbonyl (C=O) groups is 1. The number of rotatable bonds is 7. The van der Waals surface area contributed by atoms with Gasteiger partial charge in [-0.05, 0) is 44.2 Å². The van der Waals surface area contributed by atoms with Crippen LogP contribution in [0.25, 0.3) is 10.6 Å². The molecule has 0 radical (unpaired) electrons. The Balaban J connectivity index is 1.61. The van der Waals surface area contributed by atoms with Gasteiger partial charge in [-0.1, -0.05) is 6.07 Å². The van der Waals surface area contributed by atoms with Crippen molar-refractivity contribution in [2.24, 2.45) is 0 Å². The Kier molecular flexibility index (Phi) is 6.56. The lowest BCUT2D eigenvalue weighted by Crippen LogP contribution is -2.29. The van der Waals surface area contributed by atoms with E-state index in [1.54, 1.807) is 5.38 Å². The Morgan fingerprint density at radius 1 is 1.21 bits per heavy atom. The van der Waals surface area contributed by atoms with E-state index in [9.17, 15) is 18.7 Å². The molecule has 1 unspecified atom stereocenters. The molecular formula is C21H20F2N2O3S. The van der Waals surface area contributed by atoms with E-state index < -0.39 is 23.6 Å². The highest BCUT2D eigenvalue weighted by Crippen LogP contribution is 2.26. The lowest BCUT2D eigenvalue weighted by atomic mass is 10.1. The quantitative estimate of drug-likeness (QED) is 0.599. The fourth-order valence-electron chi connectivity index (χ4n) is 2.62. The second-order valence-electron chi connectivity index (χ2n) is 6.62. The number of aliphatic hydroxyl groups is 1. The predicted octanol–water partition coefficient (Wildman–Crippen LogP) is 4.34. The Hall–Kier alpha value is -2.84. The third kappa shape index (κ3) is 5.36. The van der Waals surface area contributed by atoms with E-state index in [4.69, 9.17) is 4.74 Å². The second kappa shape index (κ2) is 9.11. The molecule has 0 saturated carbocycles. The lowest BCUT2D eigenvalue weighted by molar-refractivity contribution is 0.0910. The van der Waals surface area contributed by atoms with Crippen LogP contribution in [0.3, 0.4) is 0 Å². The zero-order valence-electron chi connectivity index (χ0n) is 15.9. The summed E-state index contributed by atoms with van der Waals surface area (Å²) in [4.78, 5) is 16.6. The van der Waals surface area contributed by atoms with E-state index in [0.29, 0.717) is 11.1 Å². The minimum atomic E-state index is -1.30. The standard InChI is InChI=1S/C21H20F2N2O3S/c1-12(2)28-15-6-3-13(4-7-15)21-25-18(11-29-21)20(27)24-10-19(26)16-8-5-14(22)9-17(16)23/h3-9,11-12,19,26H,10H2,1-2H3,(H,24,27). The molecule has 5 nitrogen and oxygen atoms in total. The largest absolute Gasteiger partial charge is 0.491 e. The number of ether oxygens (including phenoxy) is 1. The summed E-state index contributed by atoms with van der Waals surface area (Å²) >= 11 is 1.31. The number of aromatic nitrogens is 1. The van der Waals surface area contributed by atoms with Gasteiger partial charge in [0.15, 0.2) is 0 Å². The van der Waals surface area contributed by atoms with Gasteiger partial charge in [0, 0.05) is 29.1 Å². The maximum absolute atomic E-state index is 13.7. The van der Waals surface area contributed by atoms with E-state index >= 15 is 0 Å². The molecule has 1 heterocycles. The van der Waals surface area contributed by atoms with Crippen LogP contribution in [-0.2, 0) is 0 Å². The Morgan fingerprint density at radius 3 is 2.59 bits per heavy atom. The van der Waals surface area contributed by atoms with Crippen molar-refractivity contribution in [1.82, 2.24) is 10.3 Å². The van der Waals surface area contributed by atoms with Gasteiger partial charge in [-0.25, -0.2) is 13.8 Å². The van der Waals surface area contributed by atoms with Gasteiger partial charge < -0.3 is 15.2 Å². The highest BCUT2D eigenvalue weighted by atomic mass is 32.1. The summed E-state index contributed by atoms with van der Waals surface area (Å²) in [5, 5.41) is 14.8. The van der Waals surface area contributed by atoms with E-state index in [0.717, 1.165) is 23.4 Å². The number of thiazole rings is 1. The number of carbonyl (C=O) groups excluding carboxylic acids is 1. The molecule has 0 aliphatic carbocycles. The van der Waals surface area contributed by atoms with Gasteiger partial charge in [0.05, 0.1) is 12.2 Å². The third-order valence-electron chi connectivity index (χ3n) is 3.99. The molecule has 8 heteroatoms. The van der Waals surface area contributed by atoms with Crippen LogP contribution in [0.5, 0.6) is 5.75 Å². The van der Waals surface area contributed by atoms with Gasteiger partial charge in [-0.3, -0.25) is 4.79 Å². The number of nitrogens with zero attached hydrogens (tertiary/aromatic N) is 1. The van der Waals surface area contributed by atoms with Crippen molar-refractivity contribution < 1.29 is 23.4 Å². The van der Waals surface area contributed by atoms with Crippen molar-refractivity contribution in [2.45, 2.75) is 26.1 Å². The summed E-state index contributed by atoms with van der Waals surface area (Å²) in [5.74, 6) is -1.34. The monoisotopic (exact) mass is 418 g/mol. The van der Waals surface area contributed by atoms with Gasteiger partial charge in [-0.2, -0.15) is 0 Å². The first-order chi connectivity index (χ1) is 13.8. The second-order valence-corrected chi connectivity index (χ2v) is 7.48. The van der Waals surface area contributed by atoms with Crippen LogP contribution >= 0.6 is 11.3 Å². The Labute approximate surface area is 171 Å². The fourth-order valence-corrected chi connectivity index (χ4v) is 3.43. The zero-order valence-corrected chi connectivity index (χ0v) is 16.7. The molecule has 2 aromatic carbocycles. The molecule has 2 N–H and O–H groups in total. The SMILES string of the molecule is CC(C)Oc1ccc(-c2nc(C(=O)NCC(O)c3ccc(F)cc3F)cs2)cc1. The molecule has 0 spiro atoms. The number of benzene rings is 2. The molecule has 3 aromatic rings. The van der Waals surface area contributed by atoms with Crippen molar-refractivity contribution >= 4 is 17.2 Å². The summed E-state index contributed by atoms with van der Waals surface area (Å²) in [6.07, 6.45) is -1.22. The first-order valence-electron chi connectivity index (χ1n) is 8.97. The Morgan fingerprint density at radius 2 is 1.93 bits per heavy atom. The molecule has 0 aliphatic rings. The van der Waals surface area contributed by atoms with E-state index in [1.807, 2.05) is 38.1 Å². The minimum absolute atomic E-state index is 0.0785. The number of aliphatic hydroxyl groups excluding tert-OH is 1. The summed E-state index contributed by atoms with van der Waals surface area (Å²) in [7, 11) is 0. The molecule has 0 fully saturated rings. The molecule has 1 amide bonds. The maximum atomic E-state index is 13.7. The van der Waals surface area contributed by atoms with Gasteiger partial charge in [0.1, 0.15) is 28.1 Å². The van der Waals surface area contributed by atoms with Crippen molar-refractivity contribution in [1.29, 1.82) is 0 Å². The molecule has 152 valence electrons. The minimum Gasteiger partial charge on any atom is -0.491 e. The fraction of sp³-hybridized carbons (Fsp3) is 0.238. The van der Waals surface area contributed by atoms with Crippen molar-refractivity contribution in [2.75, 3.05) is 6.54 Å². The molecule has 3 rings (SSSR count). The Bertz CT molecular complexity index is 990. The topological polar surface area (TPSA) is 71.5 Å². The first kappa shape index (κ1) is 20.9. The van der Waals surface area contributed by atoms with E-state index in [2.05, 4.69) is 10.3 Å². The van der Waals surface area contributed by atoms with Crippen molar-refractivity contribution in [3.8, 4) is 16.3 Å². The molecule has 0 saturated heterocycles. The van der Waals surface area contributed by atoms with Crippen LogP contribution < -0.4 is 10.1 Å². The molecular weight excluding hydrogens is 398 g/mol. The lowest BCUT2D eigenvalue weighted by Gasteiger charge is -2.12. The van der Waals surface area contributed by atoms with Crippen molar-refractivity contribution in [3.05, 3.63) is 70.7 Å². The number of halogens is 2. The third-order valence-corrected chi connectivity index (χ3v) is 4.88. The smallest absolute Gasteiger partial charge is 0.270 e. The van der Waals surface area contributed by atoms with Crippen LogP contribution in [0.2, 0.25) is 0 Å². The summed E-state index contributed by atoms with van der Waals surface area (Å²) in [6, 6.07) is 10.3. The van der Waals surface area contributed by atoms with Gasteiger partial charge in [-0.15, -0.1) is 11.3 Å². The van der Waals surface area contributed by atoms with Crippen LogP contribution in [0.1, 0.15) is 36.0 Å². The van der Waals surface area contributed by atoms with Crippen LogP contribution in [0.4, 0.5) is 8.78 Å². The average molecular weight is 418 g/mol. The number of nitrogens with one attached hydrogen (secondary N) is 1. The molecule has 0 aliphatic heterocycles. The number of hydrogen-bond acceptors (Lipinski definition) is 5. The predicted molar refractivity (Wildman–Crippen MR) is 107 cm³/mol. The van der Waals surface area contributed by atoms with E-state index in [-0.39, 0.29) is 23.9 Å².